The van der Waals surface area contributed by atoms with Crippen LogP contribution < -0.4 is 0 Å². The average molecular weight is 569 g/mol. The quantitative estimate of drug-likeness (QED) is 0.214. The van der Waals surface area contributed by atoms with E-state index in [1.165, 1.54) is 46.1 Å². The number of ether oxygens (including phenoxy) is 3. The molecule has 0 aliphatic heterocycles. The van der Waals surface area contributed by atoms with Gasteiger partial charge in [0.2, 0.25) is 10.0 Å². The molecule has 38 heavy (non-hydrogen) atoms. The number of thioether (sulfide) groups is 1. The molecule has 2 aromatic rings. The molecular weight excluding hydrogens is 528 g/mol. The number of rotatable bonds is 12. The van der Waals surface area contributed by atoms with Crippen LogP contribution in [0.4, 0.5) is 0 Å². The van der Waals surface area contributed by atoms with Crippen molar-refractivity contribution in [3.8, 4) is 11.4 Å². The Morgan fingerprint density at radius 1 is 1.18 bits per heavy atom. The van der Waals surface area contributed by atoms with Crippen molar-refractivity contribution in [2.75, 3.05) is 34.1 Å². The van der Waals surface area contributed by atoms with E-state index in [4.69, 9.17) is 14.2 Å². The lowest BCUT2D eigenvalue weighted by molar-refractivity contribution is -0.152. The summed E-state index contributed by atoms with van der Waals surface area (Å²) in [7, 11) is 2.39. The minimum absolute atomic E-state index is 0.0759. The maximum absolute atomic E-state index is 12.9. The van der Waals surface area contributed by atoms with Crippen molar-refractivity contribution in [1.29, 1.82) is 0 Å². The molecule has 10 nitrogen and oxygen atoms in total. The zero-order valence-electron chi connectivity index (χ0n) is 23.3. The highest BCUT2D eigenvalue weighted by Gasteiger charge is 2.33. The maximum Gasteiger partial charge on any atom is 0.316 e. The zero-order valence-corrected chi connectivity index (χ0v) is 24.9. The second-order valence-corrected chi connectivity index (χ2v) is 13.4. The van der Waals surface area contributed by atoms with Gasteiger partial charge in [-0.25, -0.2) is 12.7 Å². The van der Waals surface area contributed by atoms with Crippen LogP contribution in [0.3, 0.4) is 0 Å². The number of hydrogen-bond donors (Lipinski definition) is 0. The topological polar surface area (TPSA) is 113 Å². The van der Waals surface area contributed by atoms with Gasteiger partial charge in [-0.2, -0.15) is 0 Å². The molecule has 12 heteroatoms. The van der Waals surface area contributed by atoms with Gasteiger partial charge in [0, 0.05) is 33.9 Å². The lowest BCUT2D eigenvalue weighted by Gasteiger charge is -2.36. The second kappa shape index (κ2) is 13.4. The Balaban J connectivity index is 1.84. The van der Waals surface area contributed by atoms with Crippen molar-refractivity contribution >= 4 is 27.8 Å². The fourth-order valence-electron chi connectivity index (χ4n) is 4.75. The first-order valence-electron chi connectivity index (χ1n) is 12.8. The van der Waals surface area contributed by atoms with E-state index in [0.29, 0.717) is 34.3 Å². The molecule has 1 fully saturated rings. The van der Waals surface area contributed by atoms with E-state index in [1.54, 1.807) is 22.8 Å². The summed E-state index contributed by atoms with van der Waals surface area (Å²) in [6.45, 7) is 6.81. The van der Waals surface area contributed by atoms with Gasteiger partial charge in [0.15, 0.2) is 17.3 Å². The van der Waals surface area contributed by atoms with E-state index in [9.17, 15) is 13.2 Å². The van der Waals surface area contributed by atoms with Gasteiger partial charge in [-0.15, -0.1) is 10.2 Å². The molecule has 0 unspecified atom stereocenters. The van der Waals surface area contributed by atoms with Crippen molar-refractivity contribution in [2.45, 2.75) is 69.0 Å². The summed E-state index contributed by atoms with van der Waals surface area (Å²) < 4.78 is 45.1. The molecule has 0 spiro atoms. The van der Waals surface area contributed by atoms with Crippen molar-refractivity contribution in [3.05, 3.63) is 24.3 Å². The van der Waals surface area contributed by atoms with Crippen LogP contribution in [-0.2, 0) is 35.6 Å². The molecule has 0 bridgehead atoms. The first-order chi connectivity index (χ1) is 18.0. The van der Waals surface area contributed by atoms with E-state index in [-0.39, 0.29) is 29.3 Å². The number of nitrogens with zero attached hydrogens (tertiary/aromatic N) is 4. The van der Waals surface area contributed by atoms with E-state index in [0.717, 1.165) is 23.6 Å². The standard InChI is InChI=1S/C26H40N4O6S2/c1-17(2)21-12-11-18(3)13-22(21)36-23(31)16-37-26-28-27-25(30(26)15-24(34-6)35-7)19-9-8-10-20(14-19)38(32,33)29(4)5/h8-10,14,17-18,21-22,24H,11-13,15-16H2,1-7H3/t18-,21-,22+/m1/s1. The predicted octanol–water partition coefficient (Wildman–Crippen LogP) is 3.91. The molecule has 1 aromatic carbocycles. The van der Waals surface area contributed by atoms with Crippen LogP contribution in [0.1, 0.15) is 40.0 Å². The van der Waals surface area contributed by atoms with Crippen LogP contribution in [0.15, 0.2) is 34.3 Å². The highest BCUT2D eigenvalue weighted by Crippen LogP contribution is 2.36. The molecule has 212 valence electrons. The molecule has 1 aliphatic carbocycles. The summed E-state index contributed by atoms with van der Waals surface area (Å²) in [5.74, 6) is 1.58. The second-order valence-electron chi connectivity index (χ2n) is 10.3. The summed E-state index contributed by atoms with van der Waals surface area (Å²) in [5, 5.41) is 9.13. The Bertz CT molecular complexity index is 1180. The highest BCUT2D eigenvalue weighted by atomic mass is 32.2. The van der Waals surface area contributed by atoms with Crippen LogP contribution in [-0.4, -0.2) is 79.9 Å². The number of hydrogen-bond acceptors (Lipinski definition) is 9. The third-order valence-electron chi connectivity index (χ3n) is 7.01. The Hall–Kier alpha value is -1.99. The monoisotopic (exact) mass is 568 g/mol. The highest BCUT2D eigenvalue weighted by molar-refractivity contribution is 7.99. The lowest BCUT2D eigenvalue weighted by atomic mass is 9.75. The Kier molecular flexibility index (Phi) is 10.8. The third-order valence-corrected chi connectivity index (χ3v) is 9.76. The largest absolute Gasteiger partial charge is 0.461 e. The number of carbonyl (C=O) groups is 1. The number of sulfonamides is 1. The Labute approximate surface area is 230 Å². The minimum atomic E-state index is -3.64. The van der Waals surface area contributed by atoms with Crippen LogP contribution >= 0.6 is 11.8 Å². The Morgan fingerprint density at radius 3 is 2.53 bits per heavy atom. The third kappa shape index (κ3) is 7.35. The summed E-state index contributed by atoms with van der Waals surface area (Å²) in [5.41, 5.74) is 0.566. The van der Waals surface area contributed by atoms with Gasteiger partial charge in [-0.3, -0.25) is 9.36 Å². The summed E-state index contributed by atoms with van der Waals surface area (Å²) in [4.78, 5) is 13.0. The lowest BCUT2D eigenvalue weighted by Crippen LogP contribution is -2.36. The van der Waals surface area contributed by atoms with E-state index >= 15 is 0 Å². The van der Waals surface area contributed by atoms with Gasteiger partial charge >= 0.3 is 5.97 Å². The Morgan fingerprint density at radius 2 is 1.89 bits per heavy atom. The summed E-state index contributed by atoms with van der Waals surface area (Å²) >= 11 is 1.22. The number of benzene rings is 1. The number of carbonyl (C=O) groups excluding carboxylic acids is 1. The molecule has 0 radical (unpaired) electrons. The average Bonchev–Trinajstić information content (AvgIpc) is 3.28. The van der Waals surface area contributed by atoms with E-state index < -0.39 is 16.3 Å². The molecule has 1 heterocycles. The van der Waals surface area contributed by atoms with Crippen molar-refractivity contribution < 1.29 is 27.4 Å². The minimum Gasteiger partial charge on any atom is -0.461 e. The van der Waals surface area contributed by atoms with Crippen LogP contribution in [0, 0.1) is 17.8 Å². The van der Waals surface area contributed by atoms with E-state index in [2.05, 4.69) is 31.0 Å². The van der Waals surface area contributed by atoms with Gasteiger partial charge in [0.25, 0.3) is 0 Å². The molecule has 1 aromatic heterocycles. The summed E-state index contributed by atoms with van der Waals surface area (Å²) in [6, 6.07) is 6.52. The molecule has 0 N–H and O–H groups in total. The van der Waals surface area contributed by atoms with Gasteiger partial charge in [0.1, 0.15) is 6.10 Å². The van der Waals surface area contributed by atoms with Gasteiger partial charge < -0.3 is 14.2 Å². The smallest absolute Gasteiger partial charge is 0.316 e. The van der Waals surface area contributed by atoms with Gasteiger partial charge in [0.05, 0.1) is 17.2 Å². The molecular formula is C26H40N4O6S2. The number of aromatic nitrogens is 3. The van der Waals surface area contributed by atoms with Crippen molar-refractivity contribution in [2.24, 2.45) is 17.8 Å². The zero-order chi connectivity index (χ0) is 28.0. The molecule has 3 atom stereocenters. The molecule has 0 saturated heterocycles. The molecule has 3 rings (SSSR count). The SMILES string of the molecule is COC(Cn1c(SCC(=O)O[C@H]2C[C@H](C)CC[C@@H]2C(C)C)nnc1-c1cccc(S(=O)(=O)N(C)C)c1)OC. The molecule has 0 amide bonds. The fourth-order valence-corrected chi connectivity index (χ4v) is 6.43. The predicted molar refractivity (Wildman–Crippen MR) is 146 cm³/mol. The van der Waals surface area contributed by atoms with Crippen LogP contribution in [0.25, 0.3) is 11.4 Å². The number of esters is 1. The molecule has 1 aliphatic rings. The van der Waals surface area contributed by atoms with Crippen molar-refractivity contribution in [1.82, 2.24) is 19.1 Å². The van der Waals surface area contributed by atoms with Gasteiger partial charge in [-0.05, 0) is 42.7 Å². The summed E-state index contributed by atoms with van der Waals surface area (Å²) in [6.07, 6.45) is 2.44. The normalized spacial score (nSPS) is 20.4. The first-order valence-corrected chi connectivity index (χ1v) is 15.2. The molecule has 1 saturated carbocycles. The van der Waals surface area contributed by atoms with Gasteiger partial charge in [-0.1, -0.05) is 51.1 Å². The maximum atomic E-state index is 12.9. The fraction of sp³-hybridized carbons (Fsp3) is 0.654. The van der Waals surface area contributed by atoms with Crippen molar-refractivity contribution in [3.63, 3.8) is 0 Å². The first kappa shape index (κ1) is 30.6. The number of methoxy groups -OCH3 is 2. The van der Waals surface area contributed by atoms with Crippen LogP contribution in [0.5, 0.6) is 0 Å². The van der Waals surface area contributed by atoms with E-state index in [1.807, 2.05) is 0 Å². The van der Waals surface area contributed by atoms with Crippen LogP contribution in [0.2, 0.25) is 0 Å².